The van der Waals surface area contributed by atoms with E-state index < -0.39 is 22.8 Å². The van der Waals surface area contributed by atoms with E-state index in [0.29, 0.717) is 0 Å². The van der Waals surface area contributed by atoms with Crippen LogP contribution in [-0.4, -0.2) is 14.8 Å². The largest absolute Gasteiger partial charge is 0.435 e. The number of nitrogens with zero attached hydrogens (tertiary/aromatic N) is 2. The fourth-order valence-electron chi connectivity index (χ4n) is 1.42. The van der Waals surface area contributed by atoms with Crippen molar-refractivity contribution in [2.45, 2.75) is 6.18 Å². The molecule has 2 heterocycles. The molecule has 0 atom stereocenters. The molecule has 0 saturated carbocycles. The molecule has 0 spiro atoms. The fraction of sp³-hybridized carbons (Fsp3) is 0.250. The van der Waals surface area contributed by atoms with Gasteiger partial charge in [-0.3, -0.25) is 9.48 Å². The Morgan fingerprint density at radius 3 is 2.73 bits per heavy atom. The number of rotatable bonds is 0. The standard InChI is InChI=1S/C8H6F3N3O/c1-14-4-2-3-12-7(15)5(4)6(13-14)8(9,10)11/h2-3H,1H3,(H,12,15). The number of aromatic amines is 1. The number of fused-ring (bicyclic) bond motifs is 1. The van der Waals surface area contributed by atoms with Crippen LogP contribution in [0.25, 0.3) is 10.9 Å². The van der Waals surface area contributed by atoms with Gasteiger partial charge in [0.1, 0.15) is 0 Å². The molecule has 0 aromatic carbocycles. The van der Waals surface area contributed by atoms with Crippen LogP contribution in [0.1, 0.15) is 5.69 Å². The molecule has 1 N–H and O–H groups in total. The molecule has 0 amide bonds. The summed E-state index contributed by atoms with van der Waals surface area (Å²) in [5, 5.41) is 2.87. The lowest BCUT2D eigenvalue weighted by molar-refractivity contribution is -0.140. The van der Waals surface area contributed by atoms with E-state index in [9.17, 15) is 18.0 Å². The third-order valence-corrected chi connectivity index (χ3v) is 2.04. The van der Waals surface area contributed by atoms with E-state index in [-0.39, 0.29) is 5.52 Å². The SMILES string of the molecule is Cn1nc(C(F)(F)F)c2c(=O)[nH]ccc21. The highest BCUT2D eigenvalue weighted by Gasteiger charge is 2.37. The minimum Gasteiger partial charge on any atom is -0.328 e. The molecule has 0 aliphatic heterocycles. The van der Waals surface area contributed by atoms with Gasteiger partial charge in [0.25, 0.3) is 5.56 Å². The maximum atomic E-state index is 12.5. The summed E-state index contributed by atoms with van der Waals surface area (Å²) in [5.41, 5.74) is -1.78. The van der Waals surface area contributed by atoms with Crippen molar-refractivity contribution in [2.75, 3.05) is 0 Å². The van der Waals surface area contributed by atoms with Gasteiger partial charge in [0, 0.05) is 13.2 Å². The van der Waals surface area contributed by atoms with Crippen LogP contribution in [-0.2, 0) is 13.2 Å². The predicted molar refractivity (Wildman–Crippen MR) is 46.3 cm³/mol. The summed E-state index contributed by atoms with van der Waals surface area (Å²) >= 11 is 0. The third kappa shape index (κ3) is 1.39. The summed E-state index contributed by atoms with van der Waals surface area (Å²) in [6.45, 7) is 0. The van der Waals surface area contributed by atoms with Gasteiger partial charge in [-0.05, 0) is 6.07 Å². The zero-order valence-electron chi connectivity index (χ0n) is 7.59. The van der Waals surface area contributed by atoms with Crippen molar-refractivity contribution in [1.82, 2.24) is 14.8 Å². The number of H-pyrrole nitrogens is 1. The normalized spacial score (nSPS) is 12.3. The van der Waals surface area contributed by atoms with Crippen LogP contribution < -0.4 is 5.56 Å². The number of nitrogens with one attached hydrogen (secondary N) is 1. The Morgan fingerprint density at radius 2 is 2.13 bits per heavy atom. The maximum absolute atomic E-state index is 12.5. The summed E-state index contributed by atoms with van der Waals surface area (Å²) in [4.78, 5) is 13.4. The molecule has 15 heavy (non-hydrogen) atoms. The first-order valence-corrected chi connectivity index (χ1v) is 4.03. The van der Waals surface area contributed by atoms with Crippen LogP contribution in [0.2, 0.25) is 0 Å². The average molecular weight is 217 g/mol. The van der Waals surface area contributed by atoms with Gasteiger partial charge in [0.2, 0.25) is 0 Å². The molecule has 0 unspecified atom stereocenters. The summed E-state index contributed by atoms with van der Waals surface area (Å²) < 4.78 is 38.5. The van der Waals surface area contributed by atoms with Crippen LogP contribution in [0.3, 0.4) is 0 Å². The molecule has 2 aromatic rings. The Kier molecular flexibility index (Phi) is 1.85. The lowest BCUT2D eigenvalue weighted by atomic mass is 10.2. The molecule has 0 fully saturated rings. The van der Waals surface area contributed by atoms with Gasteiger partial charge in [-0.1, -0.05) is 0 Å². The van der Waals surface area contributed by atoms with Crippen molar-refractivity contribution in [1.29, 1.82) is 0 Å². The second kappa shape index (κ2) is 2.85. The van der Waals surface area contributed by atoms with Crippen molar-refractivity contribution >= 4 is 10.9 Å². The number of pyridine rings is 1. The monoisotopic (exact) mass is 217 g/mol. The van der Waals surface area contributed by atoms with E-state index in [4.69, 9.17) is 0 Å². The smallest absolute Gasteiger partial charge is 0.328 e. The van der Waals surface area contributed by atoms with E-state index >= 15 is 0 Å². The van der Waals surface area contributed by atoms with E-state index in [1.807, 2.05) is 0 Å². The molecular weight excluding hydrogens is 211 g/mol. The van der Waals surface area contributed by atoms with Crippen LogP contribution in [0, 0.1) is 0 Å². The Morgan fingerprint density at radius 1 is 1.47 bits per heavy atom. The van der Waals surface area contributed by atoms with E-state index in [1.165, 1.54) is 19.3 Å². The molecule has 0 aliphatic carbocycles. The van der Waals surface area contributed by atoms with E-state index in [0.717, 1.165) is 4.68 Å². The van der Waals surface area contributed by atoms with Gasteiger partial charge >= 0.3 is 6.18 Å². The third-order valence-electron chi connectivity index (χ3n) is 2.04. The predicted octanol–water partition coefficient (Wildman–Crippen LogP) is 1.28. The minimum atomic E-state index is -4.62. The minimum absolute atomic E-state index is 0.158. The van der Waals surface area contributed by atoms with Gasteiger partial charge in [-0.15, -0.1) is 0 Å². The molecule has 0 bridgehead atoms. The van der Waals surface area contributed by atoms with Gasteiger partial charge in [0.05, 0.1) is 10.9 Å². The quantitative estimate of drug-likeness (QED) is 0.722. The highest BCUT2D eigenvalue weighted by Crippen LogP contribution is 2.31. The zero-order chi connectivity index (χ0) is 11.2. The molecule has 2 rings (SSSR count). The molecular formula is C8H6F3N3O. The molecule has 4 nitrogen and oxygen atoms in total. The second-order valence-electron chi connectivity index (χ2n) is 3.04. The topological polar surface area (TPSA) is 50.7 Å². The van der Waals surface area contributed by atoms with Gasteiger partial charge in [-0.25, -0.2) is 0 Å². The first-order chi connectivity index (χ1) is 6.91. The number of hydrogen-bond acceptors (Lipinski definition) is 2. The first kappa shape index (κ1) is 9.75. The average Bonchev–Trinajstić information content (AvgIpc) is 2.45. The highest BCUT2D eigenvalue weighted by atomic mass is 19.4. The van der Waals surface area contributed by atoms with Crippen LogP contribution in [0.15, 0.2) is 17.1 Å². The van der Waals surface area contributed by atoms with Crippen LogP contribution >= 0.6 is 0 Å². The van der Waals surface area contributed by atoms with Crippen molar-refractivity contribution in [3.63, 3.8) is 0 Å². The molecule has 80 valence electrons. The van der Waals surface area contributed by atoms with Crippen molar-refractivity contribution in [3.05, 3.63) is 28.3 Å². The maximum Gasteiger partial charge on any atom is 0.435 e. The molecule has 2 aromatic heterocycles. The number of aromatic nitrogens is 3. The lowest BCUT2D eigenvalue weighted by Crippen LogP contribution is -2.12. The molecule has 7 heteroatoms. The zero-order valence-corrected chi connectivity index (χ0v) is 7.59. The number of hydrogen-bond donors (Lipinski definition) is 1. The summed E-state index contributed by atoms with van der Waals surface area (Å²) in [6.07, 6.45) is -3.33. The lowest BCUT2D eigenvalue weighted by Gasteiger charge is -2.00. The van der Waals surface area contributed by atoms with Crippen molar-refractivity contribution < 1.29 is 13.2 Å². The van der Waals surface area contributed by atoms with Crippen LogP contribution in [0.5, 0.6) is 0 Å². The number of halogens is 3. The molecule has 0 saturated heterocycles. The fourth-order valence-corrected chi connectivity index (χ4v) is 1.42. The van der Waals surface area contributed by atoms with Crippen molar-refractivity contribution in [3.8, 4) is 0 Å². The number of alkyl halides is 3. The van der Waals surface area contributed by atoms with Gasteiger partial charge in [-0.2, -0.15) is 18.3 Å². The van der Waals surface area contributed by atoms with Gasteiger partial charge < -0.3 is 4.98 Å². The Balaban J connectivity index is 2.94. The molecule has 0 radical (unpaired) electrons. The second-order valence-corrected chi connectivity index (χ2v) is 3.04. The first-order valence-electron chi connectivity index (χ1n) is 4.03. The van der Waals surface area contributed by atoms with Gasteiger partial charge in [0.15, 0.2) is 5.69 Å². The molecule has 0 aliphatic rings. The Labute approximate surface area is 81.3 Å². The van der Waals surface area contributed by atoms with Crippen LogP contribution in [0.4, 0.5) is 13.2 Å². The Bertz CT molecular complexity index is 566. The van der Waals surface area contributed by atoms with E-state index in [2.05, 4.69) is 10.1 Å². The summed E-state index contributed by atoms with van der Waals surface area (Å²) in [6, 6.07) is 1.37. The Hall–Kier alpha value is -1.79. The summed E-state index contributed by atoms with van der Waals surface area (Å²) in [5.74, 6) is 0. The summed E-state index contributed by atoms with van der Waals surface area (Å²) in [7, 11) is 1.36. The van der Waals surface area contributed by atoms with Crippen molar-refractivity contribution in [2.24, 2.45) is 7.05 Å². The highest BCUT2D eigenvalue weighted by molar-refractivity contribution is 5.81. The van der Waals surface area contributed by atoms with E-state index in [1.54, 1.807) is 0 Å². The number of aryl methyl sites for hydroxylation is 1.